The lowest BCUT2D eigenvalue weighted by molar-refractivity contribution is -0.113. The van der Waals surface area contributed by atoms with Crippen molar-refractivity contribution in [3.8, 4) is 0 Å². The van der Waals surface area contributed by atoms with Crippen LogP contribution in [0.15, 0.2) is 42.5 Å². The van der Waals surface area contributed by atoms with Crippen molar-refractivity contribution >= 4 is 58.2 Å². The van der Waals surface area contributed by atoms with E-state index in [0.29, 0.717) is 26.5 Å². The fraction of sp³-hybridized carbons (Fsp3) is 0.133. The molecular formula is C15H12Cl3NOS. The van der Waals surface area contributed by atoms with Gasteiger partial charge in [-0.25, -0.2) is 0 Å². The van der Waals surface area contributed by atoms with Crippen molar-refractivity contribution in [2.45, 2.75) is 5.75 Å². The number of carbonyl (C=O) groups excluding carboxylic acids is 1. The first-order valence-corrected chi connectivity index (χ1v) is 8.40. The molecule has 0 aliphatic rings. The third-order valence-corrected chi connectivity index (χ3v) is 4.61. The molecule has 0 unspecified atom stereocenters. The highest BCUT2D eigenvalue weighted by Gasteiger charge is 2.05. The number of thioether (sulfide) groups is 1. The largest absolute Gasteiger partial charge is 0.325 e. The third kappa shape index (κ3) is 5.44. The van der Waals surface area contributed by atoms with Crippen LogP contribution in [0.25, 0.3) is 0 Å². The van der Waals surface area contributed by atoms with Gasteiger partial charge in [-0.05, 0) is 35.9 Å². The van der Waals surface area contributed by atoms with Gasteiger partial charge in [0.15, 0.2) is 0 Å². The topological polar surface area (TPSA) is 29.1 Å². The predicted molar refractivity (Wildman–Crippen MR) is 92.7 cm³/mol. The minimum Gasteiger partial charge on any atom is -0.325 e. The van der Waals surface area contributed by atoms with E-state index in [2.05, 4.69) is 5.32 Å². The van der Waals surface area contributed by atoms with E-state index in [1.165, 1.54) is 11.8 Å². The Kier molecular flexibility index (Phi) is 6.24. The van der Waals surface area contributed by atoms with Crippen LogP contribution in [0.1, 0.15) is 5.56 Å². The van der Waals surface area contributed by atoms with Gasteiger partial charge in [0.2, 0.25) is 5.91 Å². The average molecular weight is 361 g/mol. The molecule has 1 N–H and O–H groups in total. The molecule has 2 aromatic rings. The Balaban J connectivity index is 1.79. The molecule has 0 spiro atoms. The summed E-state index contributed by atoms with van der Waals surface area (Å²) in [5.74, 6) is 1.04. The summed E-state index contributed by atoms with van der Waals surface area (Å²) in [4.78, 5) is 11.8. The van der Waals surface area contributed by atoms with Crippen molar-refractivity contribution in [3.63, 3.8) is 0 Å². The Morgan fingerprint density at radius 2 is 1.71 bits per heavy atom. The second kappa shape index (κ2) is 7.95. The van der Waals surface area contributed by atoms with E-state index in [0.717, 1.165) is 11.3 Å². The summed E-state index contributed by atoms with van der Waals surface area (Å²) in [5.41, 5.74) is 1.77. The van der Waals surface area contributed by atoms with Gasteiger partial charge in [-0.2, -0.15) is 0 Å². The summed E-state index contributed by atoms with van der Waals surface area (Å²) in [6, 6.07) is 12.6. The van der Waals surface area contributed by atoms with Gasteiger partial charge in [0, 0.05) is 16.5 Å². The summed E-state index contributed by atoms with van der Waals surface area (Å²) >= 11 is 19.1. The molecule has 2 aromatic carbocycles. The zero-order valence-electron chi connectivity index (χ0n) is 10.9. The first-order valence-electron chi connectivity index (χ1n) is 6.11. The first-order chi connectivity index (χ1) is 10.0. The van der Waals surface area contributed by atoms with Crippen molar-refractivity contribution < 1.29 is 4.79 Å². The molecule has 0 aliphatic heterocycles. The highest BCUT2D eigenvalue weighted by atomic mass is 35.5. The van der Waals surface area contributed by atoms with Gasteiger partial charge in [0.25, 0.3) is 0 Å². The minimum absolute atomic E-state index is 0.0765. The first kappa shape index (κ1) is 16.5. The van der Waals surface area contributed by atoms with Crippen LogP contribution < -0.4 is 5.32 Å². The van der Waals surface area contributed by atoms with Gasteiger partial charge in [-0.3, -0.25) is 4.79 Å². The summed E-state index contributed by atoms with van der Waals surface area (Å²) < 4.78 is 0. The van der Waals surface area contributed by atoms with Crippen molar-refractivity contribution in [3.05, 3.63) is 63.1 Å². The minimum atomic E-state index is -0.0765. The number of hydrogen-bond donors (Lipinski definition) is 1. The SMILES string of the molecule is O=C(CSCc1ccc(Cl)cc1)Nc1ccc(Cl)c(Cl)c1. The van der Waals surface area contributed by atoms with Crippen molar-refractivity contribution in [1.82, 2.24) is 0 Å². The summed E-state index contributed by atoms with van der Waals surface area (Å²) in [6.45, 7) is 0. The summed E-state index contributed by atoms with van der Waals surface area (Å²) in [7, 11) is 0. The molecule has 0 radical (unpaired) electrons. The maximum Gasteiger partial charge on any atom is 0.234 e. The second-order valence-corrected chi connectivity index (χ2v) is 6.53. The molecule has 21 heavy (non-hydrogen) atoms. The number of rotatable bonds is 5. The zero-order chi connectivity index (χ0) is 15.2. The van der Waals surface area contributed by atoms with Crippen LogP contribution in [0.5, 0.6) is 0 Å². The Labute approximate surface area is 142 Å². The molecule has 110 valence electrons. The van der Waals surface area contributed by atoms with Gasteiger partial charge in [-0.15, -0.1) is 11.8 Å². The molecule has 1 amide bonds. The van der Waals surface area contributed by atoms with Crippen LogP contribution in [-0.4, -0.2) is 11.7 Å². The number of benzene rings is 2. The third-order valence-electron chi connectivity index (χ3n) is 2.62. The van der Waals surface area contributed by atoms with Crippen molar-refractivity contribution in [1.29, 1.82) is 0 Å². The van der Waals surface area contributed by atoms with Gasteiger partial charge in [0.05, 0.1) is 15.8 Å². The number of anilines is 1. The number of hydrogen-bond acceptors (Lipinski definition) is 2. The van der Waals surface area contributed by atoms with E-state index in [9.17, 15) is 4.79 Å². The fourth-order valence-electron chi connectivity index (χ4n) is 1.61. The van der Waals surface area contributed by atoms with E-state index in [-0.39, 0.29) is 5.91 Å². The van der Waals surface area contributed by atoms with Crippen LogP contribution in [0, 0.1) is 0 Å². The van der Waals surface area contributed by atoms with E-state index in [1.807, 2.05) is 24.3 Å². The van der Waals surface area contributed by atoms with Crippen LogP contribution in [0.3, 0.4) is 0 Å². The average Bonchev–Trinajstić information content (AvgIpc) is 2.45. The smallest absolute Gasteiger partial charge is 0.234 e. The molecular weight excluding hydrogens is 349 g/mol. The van der Waals surface area contributed by atoms with Gasteiger partial charge >= 0.3 is 0 Å². The Morgan fingerprint density at radius 3 is 2.38 bits per heavy atom. The van der Waals surface area contributed by atoms with E-state index < -0.39 is 0 Å². The predicted octanol–water partition coefficient (Wildman–Crippen LogP) is 5.52. The van der Waals surface area contributed by atoms with Crippen molar-refractivity contribution in [2.24, 2.45) is 0 Å². The maximum atomic E-state index is 11.8. The number of amides is 1. The fourth-order valence-corrected chi connectivity index (χ4v) is 2.83. The number of halogens is 3. The number of nitrogens with one attached hydrogen (secondary N) is 1. The summed E-state index contributed by atoms with van der Waals surface area (Å²) in [6.07, 6.45) is 0. The molecule has 0 saturated heterocycles. The molecule has 0 heterocycles. The highest BCUT2D eigenvalue weighted by molar-refractivity contribution is 7.99. The highest BCUT2D eigenvalue weighted by Crippen LogP contribution is 2.25. The molecule has 0 saturated carbocycles. The van der Waals surface area contributed by atoms with Crippen LogP contribution in [0.2, 0.25) is 15.1 Å². The zero-order valence-corrected chi connectivity index (χ0v) is 14.0. The molecule has 0 aliphatic carbocycles. The molecule has 0 bridgehead atoms. The molecule has 2 rings (SSSR count). The van der Waals surface area contributed by atoms with Gasteiger partial charge in [-0.1, -0.05) is 46.9 Å². The van der Waals surface area contributed by atoms with Crippen molar-refractivity contribution in [2.75, 3.05) is 11.1 Å². The number of carbonyl (C=O) groups is 1. The second-order valence-electron chi connectivity index (χ2n) is 4.30. The Morgan fingerprint density at radius 1 is 1.00 bits per heavy atom. The van der Waals surface area contributed by atoms with Gasteiger partial charge < -0.3 is 5.32 Å². The lowest BCUT2D eigenvalue weighted by atomic mass is 10.2. The molecule has 0 atom stereocenters. The standard InChI is InChI=1S/C15H12Cl3NOS/c16-11-3-1-10(2-4-11)8-21-9-15(20)19-12-5-6-13(17)14(18)7-12/h1-7H,8-9H2,(H,19,20). The lowest BCUT2D eigenvalue weighted by Crippen LogP contribution is -2.14. The monoisotopic (exact) mass is 359 g/mol. The molecule has 0 aromatic heterocycles. The lowest BCUT2D eigenvalue weighted by Gasteiger charge is -2.06. The Hall–Kier alpha value is -0.870. The van der Waals surface area contributed by atoms with Gasteiger partial charge in [0.1, 0.15) is 0 Å². The quantitative estimate of drug-likeness (QED) is 0.760. The van der Waals surface area contributed by atoms with E-state index in [4.69, 9.17) is 34.8 Å². The normalized spacial score (nSPS) is 10.4. The van der Waals surface area contributed by atoms with Crippen LogP contribution in [0.4, 0.5) is 5.69 Å². The van der Waals surface area contributed by atoms with E-state index >= 15 is 0 Å². The molecule has 2 nitrogen and oxygen atoms in total. The maximum absolute atomic E-state index is 11.8. The van der Waals surface area contributed by atoms with E-state index in [1.54, 1.807) is 18.2 Å². The molecule has 0 fully saturated rings. The molecule has 6 heteroatoms. The Bertz CT molecular complexity index is 631. The van der Waals surface area contributed by atoms with Crippen LogP contribution >= 0.6 is 46.6 Å². The summed E-state index contributed by atoms with van der Waals surface area (Å²) in [5, 5.41) is 4.38. The van der Waals surface area contributed by atoms with Crippen LogP contribution in [-0.2, 0) is 10.5 Å².